The van der Waals surface area contributed by atoms with Crippen LogP contribution in [0, 0.1) is 5.92 Å². The van der Waals surface area contributed by atoms with E-state index in [4.69, 9.17) is 4.74 Å². The van der Waals surface area contributed by atoms with E-state index in [1.54, 1.807) is 7.11 Å². The van der Waals surface area contributed by atoms with E-state index in [0.29, 0.717) is 12.5 Å². The topological polar surface area (TPSA) is 57.1 Å². The molecule has 0 amide bonds. The second-order valence-electron chi connectivity index (χ2n) is 5.80. The third kappa shape index (κ3) is 3.83. The zero-order valence-electron chi connectivity index (χ0n) is 12.2. The van der Waals surface area contributed by atoms with Crippen molar-refractivity contribution >= 4 is 5.96 Å². The standard InChI is InChI=1S/C14H27N3O2/c1-3-15-13(16-11-14(18)6-4-7-14)17-8-5-12(9-17)10-19-2/h12,18H,3-11H2,1-2H3,(H,15,16). The van der Waals surface area contributed by atoms with Gasteiger partial charge in [0.1, 0.15) is 0 Å². The van der Waals surface area contributed by atoms with E-state index >= 15 is 0 Å². The Morgan fingerprint density at radius 3 is 2.89 bits per heavy atom. The third-order valence-corrected chi connectivity index (χ3v) is 4.13. The summed E-state index contributed by atoms with van der Waals surface area (Å²) >= 11 is 0. The molecule has 2 N–H and O–H groups in total. The Balaban J connectivity index is 1.90. The first-order chi connectivity index (χ1) is 9.17. The Hall–Kier alpha value is -0.810. The first kappa shape index (κ1) is 14.6. The first-order valence-electron chi connectivity index (χ1n) is 7.41. The molecule has 1 aliphatic heterocycles. The van der Waals surface area contributed by atoms with Crippen molar-refractivity contribution < 1.29 is 9.84 Å². The second-order valence-corrected chi connectivity index (χ2v) is 5.80. The van der Waals surface area contributed by atoms with Gasteiger partial charge in [-0.2, -0.15) is 0 Å². The van der Waals surface area contributed by atoms with Crippen LogP contribution in [0.15, 0.2) is 4.99 Å². The highest BCUT2D eigenvalue weighted by Gasteiger charge is 2.34. The molecule has 1 unspecified atom stereocenters. The van der Waals surface area contributed by atoms with Crippen molar-refractivity contribution in [3.05, 3.63) is 0 Å². The normalized spacial score (nSPS) is 26.4. The van der Waals surface area contributed by atoms with Crippen LogP contribution in [0.2, 0.25) is 0 Å². The van der Waals surface area contributed by atoms with Crippen LogP contribution in [0.5, 0.6) is 0 Å². The van der Waals surface area contributed by atoms with Crippen molar-refractivity contribution in [3.8, 4) is 0 Å². The average molecular weight is 269 g/mol. The number of nitrogens with one attached hydrogen (secondary N) is 1. The Bertz CT molecular complexity index is 316. The molecule has 2 fully saturated rings. The fourth-order valence-corrected chi connectivity index (χ4v) is 2.79. The number of rotatable bonds is 5. The van der Waals surface area contributed by atoms with Crippen LogP contribution in [0.4, 0.5) is 0 Å². The van der Waals surface area contributed by atoms with E-state index < -0.39 is 5.60 Å². The molecule has 2 rings (SSSR count). The molecular formula is C14H27N3O2. The molecule has 110 valence electrons. The predicted molar refractivity (Wildman–Crippen MR) is 76.3 cm³/mol. The van der Waals surface area contributed by atoms with Crippen LogP contribution in [0.25, 0.3) is 0 Å². The number of likely N-dealkylation sites (tertiary alicyclic amines) is 1. The van der Waals surface area contributed by atoms with Gasteiger partial charge in [-0.3, -0.25) is 4.99 Å². The molecule has 5 heteroatoms. The molecule has 2 aliphatic rings. The molecule has 1 heterocycles. The van der Waals surface area contributed by atoms with Crippen LogP contribution in [-0.4, -0.2) is 61.5 Å². The lowest BCUT2D eigenvalue weighted by Gasteiger charge is -2.35. The molecule has 1 aliphatic carbocycles. The third-order valence-electron chi connectivity index (χ3n) is 4.13. The smallest absolute Gasteiger partial charge is 0.194 e. The van der Waals surface area contributed by atoms with Crippen molar-refractivity contribution in [3.63, 3.8) is 0 Å². The van der Waals surface area contributed by atoms with Crippen LogP contribution < -0.4 is 5.32 Å². The largest absolute Gasteiger partial charge is 0.388 e. The highest BCUT2D eigenvalue weighted by atomic mass is 16.5. The van der Waals surface area contributed by atoms with E-state index in [-0.39, 0.29) is 0 Å². The van der Waals surface area contributed by atoms with Gasteiger partial charge in [0, 0.05) is 32.7 Å². The summed E-state index contributed by atoms with van der Waals surface area (Å²) in [6, 6.07) is 0. The molecule has 1 saturated heterocycles. The van der Waals surface area contributed by atoms with Crippen LogP contribution >= 0.6 is 0 Å². The summed E-state index contributed by atoms with van der Waals surface area (Å²) in [5.41, 5.74) is -0.535. The van der Waals surface area contributed by atoms with Crippen LogP contribution in [0.1, 0.15) is 32.6 Å². The number of guanidine groups is 1. The molecular weight excluding hydrogens is 242 g/mol. The minimum absolute atomic E-state index is 0.529. The van der Waals surface area contributed by atoms with Gasteiger partial charge in [-0.1, -0.05) is 0 Å². The maximum atomic E-state index is 10.1. The maximum Gasteiger partial charge on any atom is 0.194 e. The summed E-state index contributed by atoms with van der Waals surface area (Å²) < 4.78 is 5.23. The second kappa shape index (κ2) is 6.57. The molecule has 0 aromatic carbocycles. The summed E-state index contributed by atoms with van der Waals surface area (Å²) in [4.78, 5) is 6.91. The predicted octanol–water partition coefficient (Wildman–Crippen LogP) is 0.835. The SMILES string of the molecule is CCNC(=NCC1(O)CCC1)N1CCC(COC)C1. The molecule has 0 aromatic heterocycles. The van der Waals surface area contributed by atoms with Gasteiger partial charge in [-0.05, 0) is 32.6 Å². The van der Waals surface area contributed by atoms with Gasteiger partial charge in [0.25, 0.3) is 0 Å². The van der Waals surface area contributed by atoms with Gasteiger partial charge in [0.15, 0.2) is 5.96 Å². The van der Waals surface area contributed by atoms with Gasteiger partial charge in [-0.25, -0.2) is 0 Å². The van der Waals surface area contributed by atoms with Gasteiger partial charge >= 0.3 is 0 Å². The zero-order valence-corrected chi connectivity index (χ0v) is 12.2. The first-order valence-corrected chi connectivity index (χ1v) is 7.41. The van der Waals surface area contributed by atoms with E-state index in [1.807, 2.05) is 0 Å². The monoisotopic (exact) mass is 269 g/mol. The van der Waals surface area contributed by atoms with Gasteiger partial charge in [0.05, 0.1) is 18.8 Å². The number of nitrogens with zero attached hydrogens (tertiary/aromatic N) is 2. The number of hydrogen-bond acceptors (Lipinski definition) is 3. The van der Waals surface area contributed by atoms with Crippen molar-refractivity contribution in [1.82, 2.24) is 10.2 Å². The molecule has 0 spiro atoms. The Labute approximate surface area is 116 Å². The maximum absolute atomic E-state index is 10.1. The van der Waals surface area contributed by atoms with E-state index in [0.717, 1.165) is 57.9 Å². The van der Waals surface area contributed by atoms with Crippen LogP contribution in [0.3, 0.4) is 0 Å². The molecule has 1 atom stereocenters. The van der Waals surface area contributed by atoms with Gasteiger partial charge in [-0.15, -0.1) is 0 Å². The van der Waals surface area contributed by atoms with Crippen molar-refractivity contribution in [2.24, 2.45) is 10.9 Å². The molecule has 1 saturated carbocycles. The van der Waals surface area contributed by atoms with Crippen molar-refractivity contribution in [1.29, 1.82) is 0 Å². The minimum Gasteiger partial charge on any atom is -0.388 e. The Kier molecular flexibility index (Phi) is 5.05. The number of ether oxygens (including phenoxy) is 1. The molecule has 0 bridgehead atoms. The highest BCUT2D eigenvalue weighted by Crippen LogP contribution is 2.31. The van der Waals surface area contributed by atoms with Crippen molar-refractivity contribution in [2.75, 3.05) is 39.9 Å². The van der Waals surface area contributed by atoms with E-state index in [9.17, 15) is 5.11 Å². The average Bonchev–Trinajstić information content (AvgIpc) is 2.81. The van der Waals surface area contributed by atoms with E-state index in [2.05, 4.69) is 22.1 Å². The number of hydrogen-bond donors (Lipinski definition) is 2. The Morgan fingerprint density at radius 1 is 1.53 bits per heavy atom. The lowest BCUT2D eigenvalue weighted by molar-refractivity contribution is -0.0237. The lowest BCUT2D eigenvalue weighted by atomic mass is 9.80. The summed E-state index contributed by atoms with van der Waals surface area (Å²) in [7, 11) is 1.76. The summed E-state index contributed by atoms with van der Waals surface area (Å²) in [5, 5.41) is 13.5. The molecule has 0 aromatic rings. The van der Waals surface area contributed by atoms with E-state index in [1.165, 1.54) is 0 Å². The molecule has 19 heavy (non-hydrogen) atoms. The van der Waals surface area contributed by atoms with Crippen LogP contribution in [-0.2, 0) is 4.74 Å². The number of aliphatic hydroxyl groups is 1. The number of methoxy groups -OCH3 is 1. The summed E-state index contributed by atoms with van der Waals surface area (Å²) in [6.45, 7) is 6.32. The quantitative estimate of drug-likeness (QED) is 0.573. The highest BCUT2D eigenvalue weighted by molar-refractivity contribution is 5.80. The summed E-state index contributed by atoms with van der Waals surface area (Å²) in [5.74, 6) is 1.54. The Morgan fingerprint density at radius 2 is 2.32 bits per heavy atom. The fourth-order valence-electron chi connectivity index (χ4n) is 2.79. The fraction of sp³-hybridized carbons (Fsp3) is 0.929. The van der Waals surface area contributed by atoms with Gasteiger partial charge in [0.2, 0.25) is 0 Å². The molecule has 0 radical (unpaired) electrons. The van der Waals surface area contributed by atoms with Gasteiger partial charge < -0.3 is 20.1 Å². The molecule has 5 nitrogen and oxygen atoms in total. The zero-order chi connectivity index (χ0) is 13.7. The minimum atomic E-state index is -0.535. The lowest BCUT2D eigenvalue weighted by Crippen LogP contribution is -2.44. The number of aliphatic imine (C=N–C) groups is 1. The summed E-state index contributed by atoms with van der Waals surface area (Å²) in [6.07, 6.45) is 4.06. The van der Waals surface area contributed by atoms with Crippen molar-refractivity contribution in [2.45, 2.75) is 38.2 Å².